The van der Waals surface area contributed by atoms with Crippen LogP contribution in [-0.4, -0.2) is 47.0 Å². The molecule has 3 aromatic rings. The Morgan fingerprint density at radius 1 is 1.23 bits per heavy atom. The molecule has 2 radical (unpaired) electrons. The average Bonchev–Trinajstić information content (AvgIpc) is 3.12. The number of nitrogens with one attached hydrogen (secondary N) is 1. The van der Waals surface area contributed by atoms with Crippen LogP contribution in [0.3, 0.4) is 0 Å². The summed E-state index contributed by atoms with van der Waals surface area (Å²) in [4.78, 5) is 14.8. The molecule has 0 unspecified atom stereocenters. The van der Waals surface area contributed by atoms with Gasteiger partial charge in [0.25, 0.3) is 5.69 Å². The molecular weight excluding hydrogens is 385 g/mol. The Bertz CT molecular complexity index is 990. The highest BCUT2D eigenvalue weighted by Crippen LogP contribution is 2.26. The van der Waals surface area contributed by atoms with E-state index in [9.17, 15) is 10.1 Å². The van der Waals surface area contributed by atoms with Crippen LogP contribution < -0.4 is 10.8 Å². The van der Waals surface area contributed by atoms with E-state index in [1.54, 1.807) is 23.1 Å². The first kappa shape index (κ1) is 21.5. The van der Waals surface area contributed by atoms with Crippen LogP contribution >= 0.6 is 0 Å². The summed E-state index contributed by atoms with van der Waals surface area (Å²) in [6.07, 6.45) is 2.92. The SMILES string of the molecule is [B]c1ccc(Nc2cc(-c3cccnc3)nn2CC(OCC)OCC)cc1[N+](=O)[O-]. The predicted molar refractivity (Wildman–Crippen MR) is 114 cm³/mol. The van der Waals surface area contributed by atoms with Gasteiger partial charge in [-0.05, 0) is 37.5 Å². The van der Waals surface area contributed by atoms with Crippen molar-refractivity contribution in [3.8, 4) is 11.3 Å². The van der Waals surface area contributed by atoms with Crippen molar-refractivity contribution in [1.82, 2.24) is 14.8 Å². The predicted octanol–water partition coefficient (Wildman–Crippen LogP) is 2.79. The number of benzene rings is 1. The number of hydrogen-bond donors (Lipinski definition) is 1. The number of pyridine rings is 1. The van der Waals surface area contributed by atoms with Crippen molar-refractivity contribution in [3.05, 3.63) is 58.9 Å². The van der Waals surface area contributed by atoms with E-state index >= 15 is 0 Å². The van der Waals surface area contributed by atoms with Crippen LogP contribution in [0, 0.1) is 10.1 Å². The Balaban J connectivity index is 1.96. The molecule has 1 N–H and O–H groups in total. The van der Waals surface area contributed by atoms with E-state index in [4.69, 9.17) is 17.3 Å². The first-order chi connectivity index (χ1) is 14.5. The van der Waals surface area contributed by atoms with Crippen LogP contribution in [-0.2, 0) is 16.0 Å². The highest BCUT2D eigenvalue weighted by molar-refractivity contribution is 6.35. The van der Waals surface area contributed by atoms with Crippen LogP contribution in [0.25, 0.3) is 11.3 Å². The normalized spacial score (nSPS) is 11.0. The Kier molecular flexibility index (Phi) is 7.15. The van der Waals surface area contributed by atoms with Gasteiger partial charge in [0.2, 0.25) is 0 Å². The topological polar surface area (TPSA) is 104 Å². The quantitative estimate of drug-likeness (QED) is 0.239. The van der Waals surface area contributed by atoms with Crippen molar-refractivity contribution in [2.45, 2.75) is 26.7 Å². The fraction of sp³-hybridized carbons (Fsp3) is 0.300. The number of rotatable bonds is 10. The third-order valence-corrected chi connectivity index (χ3v) is 4.26. The van der Waals surface area contributed by atoms with Gasteiger partial charge >= 0.3 is 0 Å². The number of nitro groups is 1. The van der Waals surface area contributed by atoms with Gasteiger partial charge < -0.3 is 14.8 Å². The summed E-state index contributed by atoms with van der Waals surface area (Å²) >= 11 is 0. The van der Waals surface area contributed by atoms with Crippen molar-refractivity contribution >= 4 is 30.5 Å². The maximum absolute atomic E-state index is 11.2. The molecule has 0 aliphatic heterocycles. The molecule has 1 aromatic carbocycles. The lowest BCUT2D eigenvalue weighted by Crippen LogP contribution is -2.25. The van der Waals surface area contributed by atoms with Crippen LogP contribution in [0.4, 0.5) is 17.2 Å². The molecule has 2 aromatic heterocycles. The highest BCUT2D eigenvalue weighted by Gasteiger charge is 2.17. The molecule has 0 fully saturated rings. The van der Waals surface area contributed by atoms with Crippen LogP contribution in [0.2, 0.25) is 0 Å². The average molecular weight is 407 g/mol. The molecule has 0 bridgehead atoms. The van der Waals surface area contributed by atoms with Crippen LogP contribution in [0.15, 0.2) is 48.8 Å². The Morgan fingerprint density at radius 2 is 2.00 bits per heavy atom. The minimum Gasteiger partial charge on any atom is -0.351 e. The van der Waals surface area contributed by atoms with E-state index in [1.165, 1.54) is 12.1 Å². The number of nitrogens with zero attached hydrogens (tertiary/aromatic N) is 4. The first-order valence-corrected chi connectivity index (χ1v) is 9.54. The van der Waals surface area contributed by atoms with Crippen molar-refractivity contribution in [1.29, 1.82) is 0 Å². The van der Waals surface area contributed by atoms with E-state index in [-0.39, 0.29) is 11.2 Å². The summed E-state index contributed by atoms with van der Waals surface area (Å²) in [7, 11) is 5.70. The standard InChI is InChI=1S/C20H22BN5O4/c1-3-29-20(30-4-2)13-25-19(11-17(24-25)14-6-5-9-22-12-14)23-15-7-8-16(21)18(10-15)26(27)28/h5-12,20,23H,3-4,13H2,1-2H3. The molecule has 0 amide bonds. The van der Waals surface area contributed by atoms with Gasteiger partial charge in [-0.3, -0.25) is 15.1 Å². The molecule has 2 heterocycles. The summed E-state index contributed by atoms with van der Waals surface area (Å²) < 4.78 is 13.0. The van der Waals surface area contributed by atoms with E-state index in [0.29, 0.717) is 37.0 Å². The number of ether oxygens (including phenoxy) is 2. The molecule has 3 rings (SSSR count). The Morgan fingerprint density at radius 3 is 2.63 bits per heavy atom. The Hall–Kier alpha value is -3.24. The van der Waals surface area contributed by atoms with Gasteiger partial charge in [-0.25, -0.2) is 4.68 Å². The Labute approximate surface area is 175 Å². The van der Waals surface area contributed by atoms with E-state index in [1.807, 2.05) is 32.0 Å². The van der Waals surface area contributed by atoms with Crippen LogP contribution in [0.5, 0.6) is 0 Å². The molecule has 0 saturated carbocycles. The molecule has 30 heavy (non-hydrogen) atoms. The van der Waals surface area contributed by atoms with Gasteiger partial charge in [0.15, 0.2) is 6.29 Å². The molecular formula is C20H22BN5O4. The molecule has 0 saturated heterocycles. The molecule has 10 heteroatoms. The van der Waals surface area contributed by atoms with Gasteiger partial charge in [-0.2, -0.15) is 5.10 Å². The van der Waals surface area contributed by atoms with E-state index < -0.39 is 11.2 Å². The lowest BCUT2D eigenvalue weighted by Gasteiger charge is -2.18. The first-order valence-electron chi connectivity index (χ1n) is 9.54. The van der Waals surface area contributed by atoms with Gasteiger partial charge in [-0.15, -0.1) is 0 Å². The molecule has 0 aliphatic carbocycles. The van der Waals surface area contributed by atoms with Crippen molar-refractivity contribution < 1.29 is 14.4 Å². The second-order valence-electron chi connectivity index (χ2n) is 6.33. The summed E-state index contributed by atoms with van der Waals surface area (Å²) in [6, 6.07) is 10.1. The number of hydrogen-bond acceptors (Lipinski definition) is 7. The van der Waals surface area contributed by atoms with E-state index in [0.717, 1.165) is 5.56 Å². The number of aromatic nitrogens is 3. The van der Waals surface area contributed by atoms with E-state index in [2.05, 4.69) is 15.4 Å². The number of anilines is 2. The van der Waals surface area contributed by atoms with Crippen LogP contribution in [0.1, 0.15) is 13.8 Å². The molecule has 0 spiro atoms. The monoisotopic (exact) mass is 407 g/mol. The zero-order chi connectivity index (χ0) is 21.5. The second kappa shape index (κ2) is 9.99. The van der Waals surface area contributed by atoms with Crippen molar-refractivity contribution in [3.63, 3.8) is 0 Å². The maximum atomic E-state index is 11.2. The van der Waals surface area contributed by atoms with Gasteiger partial charge in [-0.1, -0.05) is 6.07 Å². The minimum atomic E-state index is -0.515. The van der Waals surface area contributed by atoms with Gasteiger partial charge in [0.05, 0.1) is 17.2 Å². The summed E-state index contributed by atoms with van der Waals surface area (Å²) in [5.74, 6) is 0.623. The number of nitro benzene ring substituents is 1. The molecule has 0 aliphatic rings. The lowest BCUT2D eigenvalue weighted by molar-refractivity contribution is -0.383. The van der Waals surface area contributed by atoms with Crippen molar-refractivity contribution in [2.24, 2.45) is 0 Å². The zero-order valence-electron chi connectivity index (χ0n) is 16.8. The summed E-state index contributed by atoms with van der Waals surface area (Å²) in [6.45, 7) is 5.11. The van der Waals surface area contributed by atoms with Crippen molar-refractivity contribution in [2.75, 3.05) is 18.5 Å². The minimum absolute atomic E-state index is 0.0999. The smallest absolute Gasteiger partial charge is 0.264 e. The lowest BCUT2D eigenvalue weighted by atomic mass is 9.94. The fourth-order valence-electron chi connectivity index (χ4n) is 2.91. The third-order valence-electron chi connectivity index (χ3n) is 4.26. The largest absolute Gasteiger partial charge is 0.351 e. The second-order valence-corrected chi connectivity index (χ2v) is 6.33. The summed E-state index contributed by atoms with van der Waals surface area (Å²) in [5, 5.41) is 19.0. The molecule has 0 atom stereocenters. The molecule has 154 valence electrons. The van der Waals surface area contributed by atoms with Gasteiger partial charge in [0, 0.05) is 49.0 Å². The molecule has 9 nitrogen and oxygen atoms in total. The third kappa shape index (κ3) is 5.22. The highest BCUT2D eigenvalue weighted by atomic mass is 16.7. The van der Waals surface area contributed by atoms with Gasteiger partial charge in [0.1, 0.15) is 13.7 Å². The maximum Gasteiger partial charge on any atom is 0.264 e. The fourth-order valence-corrected chi connectivity index (χ4v) is 2.91. The summed E-state index contributed by atoms with van der Waals surface area (Å²) in [5.41, 5.74) is 1.98. The zero-order valence-corrected chi connectivity index (χ0v) is 16.8.